The van der Waals surface area contributed by atoms with Crippen LogP contribution in [0, 0.1) is 5.41 Å². The number of anilines is 2. The molecule has 7 rings (SSSR count). The Balaban J connectivity index is 1.22. The average molecular weight is 603 g/mol. The highest BCUT2D eigenvalue weighted by atomic mass is 16.2. The van der Waals surface area contributed by atoms with Gasteiger partial charge in [-0.25, -0.2) is 9.78 Å². The predicted octanol–water partition coefficient (Wildman–Crippen LogP) is 8.19. The Morgan fingerprint density at radius 2 is 1.48 bits per heavy atom. The van der Waals surface area contributed by atoms with Crippen molar-refractivity contribution in [2.45, 2.75) is 19.4 Å². The van der Waals surface area contributed by atoms with E-state index < -0.39 is 0 Å². The number of nitrogens with zero attached hydrogens (tertiary/aromatic N) is 3. The molecule has 0 aliphatic carbocycles. The summed E-state index contributed by atoms with van der Waals surface area (Å²) in [5.41, 5.74) is 11.9. The molecule has 4 N–H and O–H groups in total. The molecule has 0 spiro atoms. The lowest BCUT2D eigenvalue weighted by atomic mass is 10.0. The Kier molecular flexibility index (Phi) is 7.64. The topological polar surface area (TPSA) is 100 Å². The van der Waals surface area contributed by atoms with Gasteiger partial charge in [0.05, 0.1) is 23.3 Å². The van der Waals surface area contributed by atoms with E-state index in [-0.39, 0.29) is 11.9 Å². The number of urea groups is 1. The number of amidine groups is 1. The number of fused-ring (bicyclic) bond motifs is 3. The first-order valence-corrected chi connectivity index (χ1v) is 15.4. The minimum atomic E-state index is -0.214. The molecular formula is C39H34N6O. The minimum Gasteiger partial charge on any atom is -0.384 e. The molecule has 7 aromatic rings. The van der Waals surface area contributed by atoms with E-state index in [1.54, 1.807) is 4.90 Å². The summed E-state index contributed by atoms with van der Waals surface area (Å²) in [6.45, 7) is 0.388. The first-order valence-electron chi connectivity index (χ1n) is 15.4. The Labute approximate surface area is 267 Å². The molecule has 1 heterocycles. The van der Waals surface area contributed by atoms with Crippen LogP contribution < -0.4 is 16.0 Å². The molecule has 0 radical (unpaired) electrons. The van der Waals surface area contributed by atoms with Gasteiger partial charge in [0.2, 0.25) is 0 Å². The number of hydrogen-bond donors (Lipinski definition) is 3. The number of aryl methyl sites for hydroxylation is 3. The lowest BCUT2D eigenvalue weighted by Crippen LogP contribution is -2.34. The first-order chi connectivity index (χ1) is 22.4. The quantitative estimate of drug-likeness (QED) is 0.121. The van der Waals surface area contributed by atoms with Crippen molar-refractivity contribution in [1.29, 1.82) is 5.41 Å². The molecule has 46 heavy (non-hydrogen) atoms. The van der Waals surface area contributed by atoms with Crippen molar-refractivity contribution in [3.8, 4) is 0 Å². The number of imidazole rings is 1. The van der Waals surface area contributed by atoms with Crippen LogP contribution >= 0.6 is 0 Å². The lowest BCUT2D eigenvalue weighted by molar-refractivity contribution is 0.256. The molecule has 7 heteroatoms. The van der Waals surface area contributed by atoms with Crippen molar-refractivity contribution in [2.24, 2.45) is 12.8 Å². The second-order valence-corrected chi connectivity index (χ2v) is 11.6. The number of aromatic nitrogens is 2. The van der Waals surface area contributed by atoms with Crippen molar-refractivity contribution < 1.29 is 4.79 Å². The van der Waals surface area contributed by atoms with Gasteiger partial charge in [-0.05, 0) is 58.0 Å². The molecule has 2 amide bonds. The van der Waals surface area contributed by atoms with E-state index in [9.17, 15) is 4.79 Å². The van der Waals surface area contributed by atoms with Crippen LogP contribution in [0.15, 0.2) is 127 Å². The summed E-state index contributed by atoms with van der Waals surface area (Å²) >= 11 is 0. The van der Waals surface area contributed by atoms with Gasteiger partial charge in [-0.15, -0.1) is 0 Å². The number of hydrogen-bond acceptors (Lipinski definition) is 3. The van der Waals surface area contributed by atoms with E-state index >= 15 is 0 Å². The molecule has 0 aliphatic rings. The van der Waals surface area contributed by atoms with E-state index in [1.807, 2.05) is 110 Å². The van der Waals surface area contributed by atoms with E-state index in [1.165, 1.54) is 0 Å². The van der Waals surface area contributed by atoms with Crippen LogP contribution in [0.5, 0.6) is 0 Å². The van der Waals surface area contributed by atoms with Crippen LogP contribution in [0.2, 0.25) is 0 Å². The van der Waals surface area contributed by atoms with Gasteiger partial charge in [-0.1, -0.05) is 103 Å². The molecule has 0 aliphatic heterocycles. The number of carbonyl (C=O) groups is 1. The number of rotatable bonds is 8. The number of amides is 2. The number of nitrogens with two attached hydrogens (primary N) is 1. The molecule has 0 saturated heterocycles. The lowest BCUT2D eigenvalue weighted by Gasteiger charge is -2.25. The fourth-order valence-corrected chi connectivity index (χ4v) is 6.13. The van der Waals surface area contributed by atoms with E-state index in [2.05, 4.69) is 34.1 Å². The van der Waals surface area contributed by atoms with E-state index in [4.69, 9.17) is 16.1 Å². The third kappa shape index (κ3) is 5.66. The first kappa shape index (κ1) is 28.8. The summed E-state index contributed by atoms with van der Waals surface area (Å²) in [6.07, 6.45) is 1.56. The van der Waals surface area contributed by atoms with Crippen LogP contribution in [-0.4, -0.2) is 21.4 Å². The summed E-state index contributed by atoms with van der Waals surface area (Å²) < 4.78 is 2.12. The molecule has 226 valence electrons. The maximum absolute atomic E-state index is 14.2. The van der Waals surface area contributed by atoms with Crippen LogP contribution in [0.25, 0.3) is 32.6 Å². The van der Waals surface area contributed by atoms with Gasteiger partial charge in [0.25, 0.3) is 0 Å². The summed E-state index contributed by atoms with van der Waals surface area (Å²) in [4.78, 5) is 21.0. The molecule has 0 saturated carbocycles. The van der Waals surface area contributed by atoms with Crippen molar-refractivity contribution in [3.63, 3.8) is 0 Å². The highest BCUT2D eigenvalue weighted by Gasteiger charge is 2.20. The molecule has 7 nitrogen and oxygen atoms in total. The molecule has 0 fully saturated rings. The predicted molar refractivity (Wildman–Crippen MR) is 189 cm³/mol. The van der Waals surface area contributed by atoms with Gasteiger partial charge in [0.15, 0.2) is 0 Å². The maximum Gasteiger partial charge on any atom is 0.326 e. The highest BCUT2D eigenvalue weighted by Crippen LogP contribution is 2.29. The summed E-state index contributed by atoms with van der Waals surface area (Å²) in [6, 6.07) is 42.1. The fourth-order valence-electron chi connectivity index (χ4n) is 6.13. The van der Waals surface area contributed by atoms with E-state index in [0.29, 0.717) is 6.54 Å². The standard InChI is InChI=1S/C39H34N6O/c1-44-36-22-21-31(24-35(36)42-37(44)23-18-26-16-19-29(20-17-26)38(40)41)45(25-30-12-6-10-27-8-2-4-13-32(27)30)39(46)43-34-15-7-11-28-9-3-5-14-33(28)34/h2-17,19-22,24H,18,23,25H2,1H3,(H3,40,41)(H,43,46). The molecule has 6 aromatic carbocycles. The molecule has 0 unspecified atom stereocenters. The average Bonchev–Trinajstić information content (AvgIpc) is 3.40. The van der Waals surface area contributed by atoms with E-state index in [0.717, 1.165) is 79.3 Å². The van der Waals surface area contributed by atoms with Crippen LogP contribution in [0.4, 0.5) is 16.2 Å². The summed E-state index contributed by atoms with van der Waals surface area (Å²) in [7, 11) is 2.03. The third-order valence-corrected chi connectivity index (χ3v) is 8.66. The zero-order valence-electron chi connectivity index (χ0n) is 25.6. The molecular weight excluding hydrogens is 568 g/mol. The maximum atomic E-state index is 14.2. The van der Waals surface area contributed by atoms with Gasteiger partial charge in [-0.3, -0.25) is 10.3 Å². The fraction of sp³-hybridized carbons (Fsp3) is 0.103. The number of nitrogens with one attached hydrogen (secondary N) is 2. The SMILES string of the molecule is Cn1c(CCc2ccc(C(=N)N)cc2)nc2cc(N(Cc3cccc4ccccc34)C(=O)Nc3cccc4ccccc34)ccc21. The molecule has 0 bridgehead atoms. The van der Waals surface area contributed by atoms with Crippen molar-refractivity contribution >= 4 is 55.8 Å². The van der Waals surface area contributed by atoms with Gasteiger partial charge in [0, 0.05) is 30.1 Å². The van der Waals surface area contributed by atoms with Gasteiger partial charge in [0.1, 0.15) is 11.7 Å². The van der Waals surface area contributed by atoms with Crippen molar-refractivity contribution in [2.75, 3.05) is 10.2 Å². The monoisotopic (exact) mass is 602 g/mol. The minimum absolute atomic E-state index is 0.0676. The van der Waals surface area contributed by atoms with Crippen molar-refractivity contribution in [1.82, 2.24) is 9.55 Å². The van der Waals surface area contributed by atoms with Gasteiger partial charge < -0.3 is 15.6 Å². The zero-order valence-corrected chi connectivity index (χ0v) is 25.6. The molecule has 0 atom stereocenters. The Bertz CT molecular complexity index is 2220. The van der Waals surface area contributed by atoms with Crippen LogP contribution in [0.1, 0.15) is 22.5 Å². The second kappa shape index (κ2) is 12.2. The number of carbonyl (C=O) groups excluding carboxylic acids is 1. The summed E-state index contributed by atoms with van der Waals surface area (Å²) in [5.74, 6) is 1.03. The van der Waals surface area contributed by atoms with Crippen LogP contribution in [0.3, 0.4) is 0 Å². The Morgan fingerprint density at radius 1 is 0.804 bits per heavy atom. The number of benzene rings is 6. The van der Waals surface area contributed by atoms with Crippen LogP contribution in [-0.2, 0) is 26.4 Å². The second-order valence-electron chi connectivity index (χ2n) is 11.6. The zero-order chi connectivity index (χ0) is 31.6. The Morgan fingerprint density at radius 3 is 2.24 bits per heavy atom. The third-order valence-electron chi connectivity index (χ3n) is 8.66. The van der Waals surface area contributed by atoms with Crippen molar-refractivity contribution in [3.05, 3.63) is 150 Å². The van der Waals surface area contributed by atoms with Gasteiger partial charge >= 0.3 is 6.03 Å². The normalized spacial score (nSPS) is 11.2. The smallest absolute Gasteiger partial charge is 0.326 e. The Hall–Kier alpha value is -5.95. The molecule has 1 aromatic heterocycles. The number of nitrogen functional groups attached to an aromatic ring is 1. The summed E-state index contributed by atoms with van der Waals surface area (Å²) in [5, 5.41) is 15.1. The van der Waals surface area contributed by atoms with Gasteiger partial charge in [-0.2, -0.15) is 0 Å². The highest BCUT2D eigenvalue weighted by molar-refractivity contribution is 6.08. The largest absolute Gasteiger partial charge is 0.384 e.